The molecule has 0 aromatic heterocycles. The minimum absolute atomic E-state index is 0.118. The summed E-state index contributed by atoms with van der Waals surface area (Å²) in [4.78, 5) is 10.7. The first-order valence-corrected chi connectivity index (χ1v) is 5.35. The summed E-state index contributed by atoms with van der Waals surface area (Å²) in [6.45, 7) is 1.51. The van der Waals surface area contributed by atoms with Gasteiger partial charge >= 0.3 is 12.1 Å². The van der Waals surface area contributed by atoms with Crippen LogP contribution >= 0.6 is 0 Å². The van der Waals surface area contributed by atoms with Gasteiger partial charge in [-0.25, -0.2) is 4.79 Å². The molecule has 0 fully saturated rings. The third kappa shape index (κ3) is 2.64. The van der Waals surface area contributed by atoms with Crippen LogP contribution in [0.1, 0.15) is 35.7 Å². The molecule has 100 valence electrons. The Labute approximate surface area is 102 Å². The van der Waals surface area contributed by atoms with Crippen molar-refractivity contribution in [3.63, 3.8) is 0 Å². The number of benzene rings is 1. The van der Waals surface area contributed by atoms with Gasteiger partial charge in [-0.05, 0) is 24.1 Å². The molecule has 1 aromatic carbocycles. The van der Waals surface area contributed by atoms with E-state index in [9.17, 15) is 23.1 Å². The van der Waals surface area contributed by atoms with Crippen LogP contribution < -0.4 is 0 Å². The van der Waals surface area contributed by atoms with Gasteiger partial charge in [-0.1, -0.05) is 25.5 Å². The summed E-state index contributed by atoms with van der Waals surface area (Å²) in [6.07, 6.45) is -5.24. The van der Waals surface area contributed by atoms with Gasteiger partial charge in [0.15, 0.2) is 5.60 Å². The van der Waals surface area contributed by atoms with Crippen LogP contribution in [0.2, 0.25) is 0 Å². The van der Waals surface area contributed by atoms with Crippen LogP contribution in [0.4, 0.5) is 13.2 Å². The van der Waals surface area contributed by atoms with Gasteiger partial charge in [0.1, 0.15) is 0 Å². The summed E-state index contributed by atoms with van der Waals surface area (Å²) >= 11 is 0. The lowest BCUT2D eigenvalue weighted by Gasteiger charge is -2.30. The van der Waals surface area contributed by atoms with Crippen molar-refractivity contribution in [3.8, 4) is 0 Å². The van der Waals surface area contributed by atoms with E-state index >= 15 is 0 Å². The molecule has 18 heavy (non-hydrogen) atoms. The largest absolute Gasteiger partial charge is 0.478 e. The second-order valence-electron chi connectivity index (χ2n) is 3.99. The number of carbonyl (C=O) groups is 1. The first-order chi connectivity index (χ1) is 8.22. The van der Waals surface area contributed by atoms with Gasteiger partial charge in [-0.2, -0.15) is 13.2 Å². The highest BCUT2D eigenvalue weighted by Crippen LogP contribution is 2.42. The average Bonchev–Trinajstić information content (AvgIpc) is 2.28. The number of aliphatic hydroxyl groups is 1. The number of aromatic carboxylic acids is 1. The Morgan fingerprint density at radius 2 is 1.94 bits per heavy atom. The van der Waals surface area contributed by atoms with Crippen molar-refractivity contribution in [2.75, 3.05) is 0 Å². The molecule has 6 heteroatoms. The minimum Gasteiger partial charge on any atom is -0.478 e. The molecule has 0 radical (unpaired) electrons. The Balaban J connectivity index is 3.30. The molecule has 1 atom stereocenters. The summed E-state index contributed by atoms with van der Waals surface area (Å²) in [5, 5.41) is 18.6. The van der Waals surface area contributed by atoms with Crippen molar-refractivity contribution >= 4 is 5.97 Å². The summed E-state index contributed by atoms with van der Waals surface area (Å²) < 4.78 is 38.7. The lowest BCUT2D eigenvalue weighted by molar-refractivity contribution is -0.269. The molecule has 1 rings (SSSR count). The van der Waals surface area contributed by atoms with Crippen molar-refractivity contribution < 1.29 is 28.2 Å². The molecule has 2 N–H and O–H groups in total. The Morgan fingerprint density at radius 3 is 2.39 bits per heavy atom. The van der Waals surface area contributed by atoms with Crippen LogP contribution in [-0.2, 0) is 5.60 Å². The lowest BCUT2D eigenvalue weighted by atomic mass is 9.87. The van der Waals surface area contributed by atoms with Gasteiger partial charge in [0.05, 0.1) is 5.56 Å². The van der Waals surface area contributed by atoms with Crippen LogP contribution in [0.15, 0.2) is 24.3 Å². The van der Waals surface area contributed by atoms with Crippen LogP contribution in [0.3, 0.4) is 0 Å². The molecule has 0 aliphatic rings. The number of rotatable bonds is 4. The van der Waals surface area contributed by atoms with E-state index in [2.05, 4.69) is 0 Å². The Kier molecular flexibility index (Phi) is 4.01. The molecule has 0 aliphatic heterocycles. The first kappa shape index (κ1) is 14.5. The van der Waals surface area contributed by atoms with Gasteiger partial charge in [-0.3, -0.25) is 0 Å². The maximum atomic E-state index is 12.9. The summed E-state index contributed by atoms with van der Waals surface area (Å²) in [6, 6.07) is 4.29. The van der Waals surface area contributed by atoms with E-state index < -0.39 is 29.7 Å². The third-order valence-corrected chi connectivity index (χ3v) is 2.67. The van der Waals surface area contributed by atoms with E-state index in [1.807, 2.05) is 0 Å². The maximum Gasteiger partial charge on any atom is 0.421 e. The molecule has 0 spiro atoms. The Morgan fingerprint density at radius 1 is 1.33 bits per heavy atom. The minimum atomic E-state index is -4.85. The quantitative estimate of drug-likeness (QED) is 0.877. The maximum absolute atomic E-state index is 12.9. The predicted octanol–water partition coefficient (Wildman–Crippen LogP) is 2.93. The topological polar surface area (TPSA) is 57.5 Å². The fraction of sp³-hybridized carbons (Fsp3) is 0.417. The molecule has 1 unspecified atom stereocenters. The summed E-state index contributed by atoms with van der Waals surface area (Å²) in [7, 11) is 0. The zero-order valence-electron chi connectivity index (χ0n) is 9.66. The standard InChI is InChI=1S/C12H13F3O3/c1-2-6-11(18,12(13,14)15)9-5-3-4-8(7-9)10(16)17/h3-5,7,18H,2,6H2,1H3,(H,16,17). The molecule has 1 aromatic rings. The predicted molar refractivity (Wildman–Crippen MR) is 58.3 cm³/mol. The third-order valence-electron chi connectivity index (χ3n) is 2.67. The fourth-order valence-electron chi connectivity index (χ4n) is 1.72. The number of carboxylic acids is 1. The number of alkyl halides is 3. The van der Waals surface area contributed by atoms with Crippen LogP contribution in [-0.4, -0.2) is 22.4 Å². The molecule has 0 aliphatic carbocycles. The molecule has 0 saturated heterocycles. The van der Waals surface area contributed by atoms with Gasteiger partial charge in [0.2, 0.25) is 0 Å². The zero-order chi connectivity index (χ0) is 14.0. The SMILES string of the molecule is CCCC(O)(c1cccc(C(=O)O)c1)C(F)(F)F. The zero-order valence-corrected chi connectivity index (χ0v) is 9.66. The van der Waals surface area contributed by atoms with Crippen molar-refractivity contribution in [1.82, 2.24) is 0 Å². The molecule has 0 bridgehead atoms. The highest BCUT2D eigenvalue weighted by Gasteiger charge is 2.54. The number of hydrogen-bond donors (Lipinski definition) is 2. The molecule has 3 nitrogen and oxygen atoms in total. The number of carboxylic acid groups (broad SMARTS) is 1. The summed E-state index contributed by atoms with van der Waals surface area (Å²) in [5.74, 6) is -1.34. The van der Waals surface area contributed by atoms with Crippen molar-refractivity contribution in [3.05, 3.63) is 35.4 Å². The van der Waals surface area contributed by atoms with Gasteiger partial charge in [-0.15, -0.1) is 0 Å². The highest BCUT2D eigenvalue weighted by molar-refractivity contribution is 5.87. The second kappa shape index (κ2) is 4.97. The van der Waals surface area contributed by atoms with E-state index in [1.165, 1.54) is 19.1 Å². The summed E-state index contributed by atoms with van der Waals surface area (Å²) in [5.41, 5.74) is -3.74. The van der Waals surface area contributed by atoms with Crippen molar-refractivity contribution in [2.24, 2.45) is 0 Å². The monoisotopic (exact) mass is 262 g/mol. The van der Waals surface area contributed by atoms with E-state index in [1.54, 1.807) is 0 Å². The van der Waals surface area contributed by atoms with E-state index in [0.717, 1.165) is 12.1 Å². The average molecular weight is 262 g/mol. The van der Waals surface area contributed by atoms with Crippen LogP contribution in [0, 0.1) is 0 Å². The van der Waals surface area contributed by atoms with Crippen molar-refractivity contribution in [1.29, 1.82) is 0 Å². The Hall–Kier alpha value is -1.56. The molecular formula is C12H13F3O3. The smallest absolute Gasteiger partial charge is 0.421 e. The van der Waals surface area contributed by atoms with Crippen molar-refractivity contribution in [2.45, 2.75) is 31.5 Å². The second-order valence-corrected chi connectivity index (χ2v) is 3.99. The van der Waals surface area contributed by atoms with Gasteiger partial charge in [0, 0.05) is 0 Å². The molecule has 0 saturated carbocycles. The molecule has 0 heterocycles. The first-order valence-electron chi connectivity index (χ1n) is 5.35. The van der Waals surface area contributed by atoms with E-state index in [4.69, 9.17) is 5.11 Å². The highest BCUT2D eigenvalue weighted by atomic mass is 19.4. The Bertz CT molecular complexity index is 442. The number of hydrogen-bond acceptors (Lipinski definition) is 2. The van der Waals surface area contributed by atoms with Crippen LogP contribution in [0.25, 0.3) is 0 Å². The normalized spacial score (nSPS) is 15.2. The molecular weight excluding hydrogens is 249 g/mol. The van der Waals surface area contributed by atoms with Crippen LogP contribution in [0.5, 0.6) is 0 Å². The number of halogens is 3. The fourth-order valence-corrected chi connectivity index (χ4v) is 1.72. The van der Waals surface area contributed by atoms with E-state index in [-0.39, 0.29) is 12.0 Å². The molecule has 0 amide bonds. The van der Waals surface area contributed by atoms with Gasteiger partial charge < -0.3 is 10.2 Å². The van der Waals surface area contributed by atoms with E-state index in [0.29, 0.717) is 0 Å². The van der Waals surface area contributed by atoms with Gasteiger partial charge in [0.25, 0.3) is 0 Å². The lowest BCUT2D eigenvalue weighted by Crippen LogP contribution is -2.42.